The van der Waals surface area contributed by atoms with Gasteiger partial charge in [-0.15, -0.1) is 0 Å². The number of carbonyl (C=O) groups excluding carboxylic acids is 1. The van der Waals surface area contributed by atoms with Crippen molar-refractivity contribution in [3.8, 4) is 11.5 Å². The van der Waals surface area contributed by atoms with Gasteiger partial charge >= 0.3 is 0 Å². The second-order valence-electron chi connectivity index (χ2n) is 6.98. The number of nitrogens with zero attached hydrogens (tertiary/aromatic N) is 1. The first-order chi connectivity index (χ1) is 13.4. The van der Waals surface area contributed by atoms with Gasteiger partial charge in [-0.05, 0) is 30.2 Å². The van der Waals surface area contributed by atoms with Crippen molar-refractivity contribution in [2.45, 2.75) is 25.1 Å². The lowest BCUT2D eigenvalue weighted by Crippen LogP contribution is -2.50. The van der Waals surface area contributed by atoms with E-state index in [9.17, 15) is 13.2 Å². The molecule has 2 atom stereocenters. The van der Waals surface area contributed by atoms with Crippen LogP contribution in [0.4, 0.5) is 0 Å². The molecule has 0 aromatic heterocycles. The smallest absolute Gasteiger partial charge is 0.267 e. The second kappa shape index (κ2) is 7.64. The first kappa shape index (κ1) is 19.1. The van der Waals surface area contributed by atoms with Crippen LogP contribution < -0.4 is 9.47 Å². The molecule has 1 saturated heterocycles. The number of hydrogen-bond donors (Lipinski definition) is 0. The van der Waals surface area contributed by atoms with E-state index < -0.39 is 22.0 Å². The highest BCUT2D eigenvalue weighted by atomic mass is 35.5. The SMILES string of the molecule is O=C([C@H]1COc2ccccc2O1)N(Cc1ccccc1Cl)[C@H]1CCS(=O)(=O)C1. The highest BCUT2D eigenvalue weighted by molar-refractivity contribution is 7.91. The molecular weight excluding hydrogens is 402 g/mol. The van der Waals surface area contributed by atoms with Crippen LogP contribution in [0.25, 0.3) is 0 Å². The van der Waals surface area contributed by atoms with Gasteiger partial charge < -0.3 is 14.4 Å². The molecule has 8 heteroatoms. The fourth-order valence-electron chi connectivity index (χ4n) is 3.54. The lowest BCUT2D eigenvalue weighted by Gasteiger charge is -2.34. The molecule has 4 rings (SSSR count). The maximum Gasteiger partial charge on any atom is 0.267 e. The van der Waals surface area contributed by atoms with E-state index in [1.807, 2.05) is 24.3 Å². The maximum atomic E-state index is 13.3. The summed E-state index contributed by atoms with van der Waals surface area (Å²) in [6, 6.07) is 14.0. The van der Waals surface area contributed by atoms with Crippen molar-refractivity contribution in [2.24, 2.45) is 0 Å². The average molecular weight is 422 g/mol. The van der Waals surface area contributed by atoms with Crippen molar-refractivity contribution >= 4 is 27.3 Å². The molecule has 2 aromatic carbocycles. The number of para-hydroxylation sites is 2. The van der Waals surface area contributed by atoms with E-state index >= 15 is 0 Å². The van der Waals surface area contributed by atoms with Gasteiger partial charge in [0.1, 0.15) is 6.61 Å². The minimum absolute atomic E-state index is 0.0483. The van der Waals surface area contributed by atoms with E-state index in [0.29, 0.717) is 22.9 Å². The molecule has 1 amide bonds. The molecule has 28 heavy (non-hydrogen) atoms. The van der Waals surface area contributed by atoms with Gasteiger partial charge in [-0.1, -0.05) is 41.9 Å². The van der Waals surface area contributed by atoms with Crippen LogP contribution in [-0.2, 0) is 21.2 Å². The third-order valence-corrected chi connectivity index (χ3v) is 7.13. The van der Waals surface area contributed by atoms with Crippen LogP contribution >= 0.6 is 11.6 Å². The minimum Gasteiger partial charge on any atom is -0.485 e. The van der Waals surface area contributed by atoms with Crippen molar-refractivity contribution in [3.63, 3.8) is 0 Å². The summed E-state index contributed by atoms with van der Waals surface area (Å²) in [6.45, 7) is 0.300. The largest absolute Gasteiger partial charge is 0.485 e. The Hall–Kier alpha value is -2.25. The number of benzene rings is 2. The summed E-state index contributed by atoms with van der Waals surface area (Å²) < 4.78 is 35.5. The summed E-state index contributed by atoms with van der Waals surface area (Å²) in [5.74, 6) is 0.829. The van der Waals surface area contributed by atoms with E-state index in [0.717, 1.165) is 5.56 Å². The van der Waals surface area contributed by atoms with Crippen molar-refractivity contribution in [2.75, 3.05) is 18.1 Å². The van der Waals surface area contributed by atoms with Crippen LogP contribution in [0, 0.1) is 0 Å². The molecule has 0 N–H and O–H groups in total. The average Bonchev–Trinajstić information content (AvgIpc) is 3.06. The molecule has 2 aliphatic rings. The Morgan fingerprint density at radius 3 is 2.54 bits per heavy atom. The molecule has 148 valence electrons. The first-order valence-electron chi connectivity index (χ1n) is 9.06. The number of rotatable bonds is 4. The summed E-state index contributed by atoms with van der Waals surface area (Å²) in [5.41, 5.74) is 0.763. The van der Waals surface area contributed by atoms with Gasteiger partial charge in [-0.3, -0.25) is 4.79 Å². The number of fused-ring (bicyclic) bond motifs is 1. The van der Waals surface area contributed by atoms with Gasteiger partial charge in [0.15, 0.2) is 21.3 Å². The lowest BCUT2D eigenvalue weighted by atomic mass is 10.1. The van der Waals surface area contributed by atoms with Crippen LogP contribution in [0.2, 0.25) is 5.02 Å². The molecular formula is C20H20ClNO5S. The minimum atomic E-state index is -3.15. The first-order valence-corrected chi connectivity index (χ1v) is 11.3. The lowest BCUT2D eigenvalue weighted by molar-refractivity contribution is -0.143. The highest BCUT2D eigenvalue weighted by Crippen LogP contribution is 2.32. The summed E-state index contributed by atoms with van der Waals surface area (Å²) in [4.78, 5) is 14.9. The van der Waals surface area contributed by atoms with Gasteiger partial charge in [-0.2, -0.15) is 0 Å². The monoisotopic (exact) mass is 421 g/mol. The zero-order chi connectivity index (χ0) is 19.7. The standard InChI is InChI=1S/C20H20ClNO5S/c21-16-6-2-1-5-14(16)11-22(15-9-10-28(24,25)13-15)20(23)19-12-26-17-7-3-4-8-18(17)27-19/h1-8,15,19H,9-13H2/t15-,19+/m0/s1. The molecule has 0 radical (unpaired) electrons. The van der Waals surface area contributed by atoms with E-state index in [1.165, 1.54) is 0 Å². The van der Waals surface area contributed by atoms with Gasteiger partial charge in [0, 0.05) is 17.6 Å². The summed E-state index contributed by atoms with van der Waals surface area (Å²) >= 11 is 6.28. The topological polar surface area (TPSA) is 72.9 Å². The van der Waals surface area contributed by atoms with E-state index in [-0.39, 0.29) is 30.6 Å². The molecule has 2 aliphatic heterocycles. The molecule has 0 bridgehead atoms. The molecule has 1 fully saturated rings. The van der Waals surface area contributed by atoms with Gasteiger partial charge in [0.25, 0.3) is 5.91 Å². The van der Waals surface area contributed by atoms with Crippen LogP contribution in [0.5, 0.6) is 11.5 Å². The van der Waals surface area contributed by atoms with Gasteiger partial charge in [0.2, 0.25) is 6.10 Å². The Morgan fingerprint density at radius 1 is 1.11 bits per heavy atom. The Balaban J connectivity index is 1.60. The number of ether oxygens (including phenoxy) is 2. The van der Waals surface area contributed by atoms with Crippen molar-refractivity contribution < 1.29 is 22.7 Å². The van der Waals surface area contributed by atoms with E-state index in [2.05, 4.69) is 0 Å². The van der Waals surface area contributed by atoms with Crippen LogP contribution in [0.15, 0.2) is 48.5 Å². The van der Waals surface area contributed by atoms with Crippen molar-refractivity contribution in [3.05, 3.63) is 59.1 Å². The zero-order valence-electron chi connectivity index (χ0n) is 15.1. The zero-order valence-corrected chi connectivity index (χ0v) is 16.7. The highest BCUT2D eigenvalue weighted by Gasteiger charge is 2.39. The van der Waals surface area contributed by atoms with Crippen molar-refractivity contribution in [1.29, 1.82) is 0 Å². The predicted octanol–water partition coefficient (Wildman–Crippen LogP) is 2.70. The number of hydrogen-bond acceptors (Lipinski definition) is 5. The third-order valence-electron chi connectivity index (χ3n) is 5.01. The number of halogens is 1. The number of carbonyl (C=O) groups is 1. The number of sulfone groups is 1. The second-order valence-corrected chi connectivity index (χ2v) is 9.61. The molecule has 0 unspecified atom stereocenters. The molecule has 0 saturated carbocycles. The van der Waals surface area contributed by atoms with Crippen LogP contribution in [0.3, 0.4) is 0 Å². The Morgan fingerprint density at radius 2 is 1.82 bits per heavy atom. The Labute approximate surface area is 168 Å². The maximum absolute atomic E-state index is 13.3. The van der Waals surface area contributed by atoms with Crippen molar-refractivity contribution in [1.82, 2.24) is 4.90 Å². The fraction of sp³-hybridized carbons (Fsp3) is 0.350. The number of amides is 1. The predicted molar refractivity (Wildman–Crippen MR) is 105 cm³/mol. The van der Waals surface area contributed by atoms with Crippen LogP contribution in [0.1, 0.15) is 12.0 Å². The fourth-order valence-corrected chi connectivity index (χ4v) is 5.47. The van der Waals surface area contributed by atoms with E-state index in [1.54, 1.807) is 29.2 Å². The van der Waals surface area contributed by atoms with Gasteiger partial charge in [-0.25, -0.2) is 8.42 Å². The molecule has 2 heterocycles. The molecule has 6 nitrogen and oxygen atoms in total. The van der Waals surface area contributed by atoms with Crippen LogP contribution in [-0.4, -0.2) is 49.5 Å². The normalized spacial score (nSPS) is 22.6. The van der Waals surface area contributed by atoms with E-state index in [4.69, 9.17) is 21.1 Å². The summed E-state index contributed by atoms with van der Waals surface area (Å²) in [5, 5.41) is 0.535. The molecule has 0 spiro atoms. The summed E-state index contributed by atoms with van der Waals surface area (Å²) in [6.07, 6.45) is -0.427. The Kier molecular flexibility index (Phi) is 5.21. The third kappa shape index (κ3) is 3.95. The molecule has 0 aliphatic carbocycles. The Bertz CT molecular complexity index is 994. The molecule has 2 aromatic rings. The van der Waals surface area contributed by atoms with Gasteiger partial charge in [0.05, 0.1) is 11.5 Å². The summed E-state index contributed by atoms with van der Waals surface area (Å²) in [7, 11) is -3.15. The quantitative estimate of drug-likeness (QED) is 0.758.